The summed E-state index contributed by atoms with van der Waals surface area (Å²) < 4.78 is 7.58. The highest BCUT2D eigenvalue weighted by Crippen LogP contribution is 2.23. The fourth-order valence-electron chi connectivity index (χ4n) is 3.25. The van der Waals surface area contributed by atoms with E-state index in [0.717, 1.165) is 39.0 Å². The highest BCUT2D eigenvalue weighted by atomic mass is 16.5. The molecule has 114 valence electrons. The number of hydrogen-bond donors (Lipinski definition) is 1. The van der Waals surface area contributed by atoms with Crippen LogP contribution in [0.25, 0.3) is 10.9 Å². The zero-order valence-electron chi connectivity index (χ0n) is 13.0. The maximum absolute atomic E-state index is 5.58. The molecule has 0 bridgehead atoms. The maximum Gasteiger partial charge on any atom is 0.0718 e. The minimum atomic E-state index is 0.464. The van der Waals surface area contributed by atoms with Crippen LogP contribution in [0.3, 0.4) is 0 Å². The number of hydrogen-bond acceptors (Lipinski definition) is 3. The Morgan fingerprint density at radius 3 is 3.05 bits per heavy atom. The summed E-state index contributed by atoms with van der Waals surface area (Å²) in [6, 6.07) is 8.95. The zero-order chi connectivity index (χ0) is 14.7. The number of aromatic nitrogens is 2. The Bertz CT molecular complexity index is 587. The van der Waals surface area contributed by atoms with E-state index in [2.05, 4.69) is 36.5 Å². The molecule has 1 saturated heterocycles. The number of aryl methyl sites for hydroxylation is 1. The molecule has 1 aliphatic heterocycles. The molecule has 0 saturated carbocycles. The fraction of sp³-hybridized carbons (Fsp3) is 0.588. The first kappa shape index (κ1) is 14.5. The number of benzene rings is 1. The molecular formula is C17H25N3O. The van der Waals surface area contributed by atoms with E-state index < -0.39 is 0 Å². The molecule has 1 fully saturated rings. The second-order valence-electron chi connectivity index (χ2n) is 5.98. The maximum atomic E-state index is 5.58. The van der Waals surface area contributed by atoms with E-state index in [1.54, 1.807) is 0 Å². The number of nitrogens with zero attached hydrogens (tertiary/aromatic N) is 2. The van der Waals surface area contributed by atoms with Crippen LogP contribution in [0.2, 0.25) is 0 Å². The minimum absolute atomic E-state index is 0.464. The molecule has 1 aromatic carbocycles. The number of ether oxygens (including phenoxy) is 1. The third kappa shape index (κ3) is 3.11. The quantitative estimate of drug-likeness (QED) is 0.887. The lowest BCUT2D eigenvalue weighted by atomic mass is 9.94. The first-order valence-electron chi connectivity index (χ1n) is 8.01. The molecule has 4 heteroatoms. The van der Waals surface area contributed by atoms with Crippen molar-refractivity contribution in [1.82, 2.24) is 15.1 Å². The Hall–Kier alpha value is -1.39. The van der Waals surface area contributed by atoms with E-state index in [1.165, 1.54) is 16.6 Å². The Morgan fingerprint density at radius 2 is 2.29 bits per heavy atom. The van der Waals surface area contributed by atoms with Gasteiger partial charge in [-0.15, -0.1) is 0 Å². The van der Waals surface area contributed by atoms with E-state index in [1.807, 2.05) is 11.7 Å². The van der Waals surface area contributed by atoms with Crippen molar-refractivity contribution in [3.05, 3.63) is 30.0 Å². The normalized spacial score (nSPS) is 20.2. The number of fused-ring (bicyclic) bond motifs is 1. The van der Waals surface area contributed by atoms with Gasteiger partial charge in [-0.2, -0.15) is 5.10 Å². The number of rotatable bonds is 6. The van der Waals surface area contributed by atoms with E-state index in [4.69, 9.17) is 9.84 Å². The van der Waals surface area contributed by atoms with Gasteiger partial charge in [0.25, 0.3) is 0 Å². The van der Waals surface area contributed by atoms with Gasteiger partial charge in [-0.25, -0.2) is 0 Å². The molecule has 4 nitrogen and oxygen atoms in total. The summed E-state index contributed by atoms with van der Waals surface area (Å²) >= 11 is 0. The van der Waals surface area contributed by atoms with Crippen LogP contribution in [0.15, 0.2) is 24.3 Å². The summed E-state index contributed by atoms with van der Waals surface area (Å²) in [5.74, 6) is 0.609. The smallest absolute Gasteiger partial charge is 0.0718 e. The molecule has 2 unspecified atom stereocenters. The van der Waals surface area contributed by atoms with Crippen LogP contribution >= 0.6 is 0 Å². The lowest BCUT2D eigenvalue weighted by Gasteiger charge is -2.23. The summed E-state index contributed by atoms with van der Waals surface area (Å²) in [6.45, 7) is 5.06. The lowest BCUT2D eigenvalue weighted by molar-refractivity contribution is 0.176. The molecule has 2 heterocycles. The van der Waals surface area contributed by atoms with Crippen LogP contribution in [0.4, 0.5) is 0 Å². The van der Waals surface area contributed by atoms with Gasteiger partial charge in [-0.05, 0) is 25.5 Å². The summed E-state index contributed by atoms with van der Waals surface area (Å²) in [5, 5.41) is 9.73. The van der Waals surface area contributed by atoms with Crippen molar-refractivity contribution < 1.29 is 4.74 Å². The van der Waals surface area contributed by atoms with Gasteiger partial charge < -0.3 is 10.1 Å². The predicted octanol–water partition coefficient (Wildman–Crippen LogP) is 2.52. The summed E-state index contributed by atoms with van der Waals surface area (Å²) in [6.07, 6.45) is 3.30. The van der Waals surface area contributed by atoms with Crippen molar-refractivity contribution in [3.8, 4) is 0 Å². The fourth-order valence-corrected chi connectivity index (χ4v) is 3.25. The van der Waals surface area contributed by atoms with Gasteiger partial charge in [0.15, 0.2) is 0 Å². The Kier molecular flexibility index (Phi) is 4.56. The molecule has 2 atom stereocenters. The lowest BCUT2D eigenvalue weighted by Crippen LogP contribution is -2.39. The van der Waals surface area contributed by atoms with Gasteiger partial charge in [0.2, 0.25) is 0 Å². The molecule has 3 rings (SSSR count). The average molecular weight is 287 g/mol. The topological polar surface area (TPSA) is 39.1 Å². The van der Waals surface area contributed by atoms with Crippen molar-refractivity contribution in [2.45, 2.75) is 32.2 Å². The van der Waals surface area contributed by atoms with Gasteiger partial charge in [0, 0.05) is 37.4 Å². The third-order valence-corrected chi connectivity index (χ3v) is 4.44. The van der Waals surface area contributed by atoms with Gasteiger partial charge in [0.05, 0.1) is 17.8 Å². The minimum Gasteiger partial charge on any atom is -0.381 e. The zero-order valence-corrected chi connectivity index (χ0v) is 13.0. The van der Waals surface area contributed by atoms with E-state index in [9.17, 15) is 0 Å². The van der Waals surface area contributed by atoms with Gasteiger partial charge in [0.1, 0.15) is 0 Å². The first-order valence-corrected chi connectivity index (χ1v) is 8.01. The SMILES string of the molecule is CCCNC(Cc1nn(C)c2ccccc12)C1CCOC1. The second-order valence-corrected chi connectivity index (χ2v) is 5.98. The van der Waals surface area contributed by atoms with Crippen molar-refractivity contribution in [2.75, 3.05) is 19.8 Å². The van der Waals surface area contributed by atoms with Crippen molar-refractivity contribution in [3.63, 3.8) is 0 Å². The van der Waals surface area contributed by atoms with Gasteiger partial charge >= 0.3 is 0 Å². The molecule has 0 radical (unpaired) electrons. The number of para-hydroxylation sites is 1. The van der Waals surface area contributed by atoms with Gasteiger partial charge in [-0.3, -0.25) is 4.68 Å². The van der Waals surface area contributed by atoms with Crippen molar-refractivity contribution >= 4 is 10.9 Å². The average Bonchev–Trinajstić information content (AvgIpc) is 3.13. The van der Waals surface area contributed by atoms with E-state index in [-0.39, 0.29) is 0 Å². The molecule has 1 aliphatic rings. The molecule has 21 heavy (non-hydrogen) atoms. The standard InChI is InChI=1S/C17H25N3O/c1-3-9-18-15(13-8-10-21-12-13)11-16-14-6-4-5-7-17(14)20(2)19-16/h4-7,13,15,18H,3,8-12H2,1-2H3. The monoisotopic (exact) mass is 287 g/mol. The van der Waals surface area contributed by atoms with Crippen molar-refractivity contribution in [1.29, 1.82) is 0 Å². The molecule has 0 amide bonds. The molecule has 0 spiro atoms. The van der Waals surface area contributed by atoms with Crippen molar-refractivity contribution in [2.24, 2.45) is 13.0 Å². The summed E-state index contributed by atoms with van der Waals surface area (Å²) in [5.41, 5.74) is 2.41. The molecule has 1 aromatic heterocycles. The molecule has 2 aromatic rings. The van der Waals surface area contributed by atoms with Crippen LogP contribution in [-0.4, -0.2) is 35.6 Å². The Labute approximate surface area is 126 Å². The first-order chi connectivity index (χ1) is 10.3. The molecule has 0 aliphatic carbocycles. The van der Waals surface area contributed by atoms with Crippen LogP contribution in [-0.2, 0) is 18.2 Å². The largest absolute Gasteiger partial charge is 0.381 e. The van der Waals surface area contributed by atoms with Crippen LogP contribution in [0, 0.1) is 5.92 Å². The highest BCUT2D eigenvalue weighted by Gasteiger charge is 2.26. The Morgan fingerprint density at radius 1 is 1.43 bits per heavy atom. The Balaban J connectivity index is 1.82. The van der Waals surface area contributed by atoms with E-state index >= 15 is 0 Å². The second kappa shape index (κ2) is 6.58. The number of nitrogens with one attached hydrogen (secondary N) is 1. The predicted molar refractivity (Wildman–Crippen MR) is 85.4 cm³/mol. The van der Waals surface area contributed by atoms with Gasteiger partial charge in [-0.1, -0.05) is 25.1 Å². The van der Waals surface area contributed by atoms with E-state index in [0.29, 0.717) is 12.0 Å². The molecular weight excluding hydrogens is 262 g/mol. The van der Waals surface area contributed by atoms with Crippen LogP contribution < -0.4 is 5.32 Å². The van der Waals surface area contributed by atoms with Crippen LogP contribution in [0.1, 0.15) is 25.5 Å². The highest BCUT2D eigenvalue weighted by molar-refractivity contribution is 5.81. The summed E-state index contributed by atoms with van der Waals surface area (Å²) in [4.78, 5) is 0. The third-order valence-electron chi connectivity index (χ3n) is 4.44. The molecule has 1 N–H and O–H groups in total. The van der Waals surface area contributed by atoms with Crippen LogP contribution in [0.5, 0.6) is 0 Å². The summed E-state index contributed by atoms with van der Waals surface area (Å²) in [7, 11) is 2.03.